The molecule has 0 radical (unpaired) electrons. The summed E-state index contributed by atoms with van der Waals surface area (Å²) in [6, 6.07) is 14.9. The number of hydrogen-bond donors (Lipinski definition) is 1. The highest BCUT2D eigenvalue weighted by Crippen LogP contribution is 2.12. The predicted molar refractivity (Wildman–Crippen MR) is 124 cm³/mol. The Bertz CT molecular complexity index is 1400. The Morgan fingerprint density at radius 2 is 1.81 bits per heavy atom. The molecule has 0 aliphatic heterocycles. The molecule has 2 heterocycles. The normalized spacial score (nSPS) is 12.3. The first-order valence-electron chi connectivity index (χ1n) is 10.8. The molecule has 2 aromatic carbocycles. The maximum absolute atomic E-state index is 13.3. The second kappa shape index (κ2) is 8.82. The van der Waals surface area contributed by atoms with Gasteiger partial charge in [-0.2, -0.15) is 0 Å². The molecule has 1 atom stereocenters. The molecule has 0 saturated carbocycles. The molecule has 0 saturated heterocycles. The van der Waals surface area contributed by atoms with Crippen LogP contribution in [0.4, 0.5) is 0 Å². The van der Waals surface area contributed by atoms with E-state index in [1.54, 1.807) is 24.3 Å². The average Bonchev–Trinajstić information content (AvgIpc) is 3.11. The highest BCUT2D eigenvalue weighted by Gasteiger charge is 2.18. The number of nitrogens with one attached hydrogen (secondary N) is 1. The Morgan fingerprint density at radius 1 is 1.09 bits per heavy atom. The van der Waals surface area contributed by atoms with Crippen molar-refractivity contribution < 1.29 is 4.79 Å². The zero-order valence-corrected chi connectivity index (χ0v) is 18.5. The highest BCUT2D eigenvalue weighted by molar-refractivity contribution is 5.80. The van der Waals surface area contributed by atoms with Gasteiger partial charge in [0.2, 0.25) is 11.7 Å². The zero-order valence-electron chi connectivity index (χ0n) is 18.5. The fourth-order valence-corrected chi connectivity index (χ4v) is 3.70. The van der Waals surface area contributed by atoms with E-state index in [9.17, 15) is 14.4 Å². The van der Waals surface area contributed by atoms with E-state index in [1.807, 2.05) is 45.0 Å². The lowest BCUT2D eigenvalue weighted by Crippen LogP contribution is -2.34. The Hall–Kier alpha value is -3.68. The van der Waals surface area contributed by atoms with Gasteiger partial charge in [0.1, 0.15) is 0 Å². The van der Waals surface area contributed by atoms with Crippen molar-refractivity contribution in [3.05, 3.63) is 80.5 Å². The first-order chi connectivity index (χ1) is 15.4. The van der Waals surface area contributed by atoms with Crippen molar-refractivity contribution in [1.29, 1.82) is 0 Å². The highest BCUT2D eigenvalue weighted by atomic mass is 16.2. The maximum Gasteiger partial charge on any atom is 0.352 e. The number of benzene rings is 2. The molecule has 4 rings (SSSR count). The fraction of sp³-hybridized carbons (Fsp3) is 0.333. The van der Waals surface area contributed by atoms with E-state index in [4.69, 9.17) is 0 Å². The summed E-state index contributed by atoms with van der Waals surface area (Å²) in [5, 5.41) is 7.82. The minimum atomic E-state index is -0.324. The van der Waals surface area contributed by atoms with Crippen LogP contribution in [0.5, 0.6) is 0 Å². The van der Waals surface area contributed by atoms with Crippen molar-refractivity contribution >= 4 is 22.6 Å². The van der Waals surface area contributed by atoms with Gasteiger partial charge in [0, 0.05) is 19.0 Å². The third kappa shape index (κ3) is 4.08. The second-order valence-corrected chi connectivity index (χ2v) is 8.16. The van der Waals surface area contributed by atoms with Crippen LogP contribution in [0.3, 0.4) is 0 Å². The number of amides is 1. The molecular weight excluding hydrogens is 406 g/mol. The molecule has 0 spiro atoms. The maximum atomic E-state index is 13.3. The van der Waals surface area contributed by atoms with E-state index in [-0.39, 0.29) is 48.5 Å². The van der Waals surface area contributed by atoms with Gasteiger partial charge in [-0.3, -0.25) is 14.2 Å². The van der Waals surface area contributed by atoms with E-state index in [0.29, 0.717) is 10.9 Å². The van der Waals surface area contributed by atoms with Crippen LogP contribution in [0.15, 0.2) is 58.1 Å². The monoisotopic (exact) mass is 433 g/mol. The van der Waals surface area contributed by atoms with Gasteiger partial charge in [-0.05, 0) is 38.0 Å². The van der Waals surface area contributed by atoms with Crippen LogP contribution in [0, 0.1) is 6.92 Å². The van der Waals surface area contributed by atoms with Crippen LogP contribution in [-0.2, 0) is 17.9 Å². The number of carbonyl (C=O) groups is 1. The number of aryl methyl sites for hydroxylation is 2. The fourth-order valence-electron chi connectivity index (χ4n) is 3.70. The molecule has 0 bridgehead atoms. The Balaban J connectivity index is 1.80. The number of hydrogen-bond acceptors (Lipinski definition) is 4. The van der Waals surface area contributed by atoms with Crippen LogP contribution in [0.1, 0.15) is 37.8 Å². The topological polar surface area (TPSA) is 90.4 Å². The summed E-state index contributed by atoms with van der Waals surface area (Å²) in [6.45, 7) is 6.36. The Labute approximate surface area is 185 Å². The van der Waals surface area contributed by atoms with Crippen molar-refractivity contribution in [3.63, 3.8) is 0 Å². The van der Waals surface area contributed by atoms with Gasteiger partial charge < -0.3 is 5.32 Å². The van der Waals surface area contributed by atoms with Gasteiger partial charge in [0.25, 0.3) is 5.56 Å². The van der Waals surface area contributed by atoms with Crippen LogP contribution >= 0.6 is 0 Å². The van der Waals surface area contributed by atoms with Crippen LogP contribution in [0.25, 0.3) is 16.7 Å². The molecule has 0 aliphatic carbocycles. The molecule has 4 aromatic rings. The molecule has 0 fully saturated rings. The summed E-state index contributed by atoms with van der Waals surface area (Å²) in [7, 11) is 0. The van der Waals surface area contributed by atoms with Crippen molar-refractivity contribution in [2.24, 2.45) is 0 Å². The summed E-state index contributed by atoms with van der Waals surface area (Å²) in [4.78, 5) is 38.8. The smallest absolute Gasteiger partial charge is 0.352 e. The van der Waals surface area contributed by atoms with Crippen LogP contribution in [-0.4, -0.2) is 30.7 Å². The zero-order chi connectivity index (χ0) is 22.8. The number of aromatic nitrogens is 4. The summed E-state index contributed by atoms with van der Waals surface area (Å²) in [5.41, 5.74) is 1.98. The summed E-state index contributed by atoms with van der Waals surface area (Å²) in [6.07, 6.45) is 0.946. The van der Waals surface area contributed by atoms with Gasteiger partial charge in [-0.15, -0.1) is 5.10 Å². The molecule has 1 amide bonds. The summed E-state index contributed by atoms with van der Waals surface area (Å²) >= 11 is 0. The quantitative estimate of drug-likeness (QED) is 0.485. The second-order valence-electron chi connectivity index (χ2n) is 8.16. The lowest BCUT2D eigenvalue weighted by Gasteiger charge is -2.12. The Kier molecular flexibility index (Phi) is 5.94. The van der Waals surface area contributed by atoms with E-state index >= 15 is 0 Å². The van der Waals surface area contributed by atoms with E-state index in [1.165, 1.54) is 13.6 Å². The van der Waals surface area contributed by atoms with Crippen molar-refractivity contribution in [3.8, 4) is 0 Å². The standard InChI is InChI=1S/C24H27N5O3/c1-4-17(3)25-21(30)13-14-27-22(31)19-7-5-6-8-20(19)29-23(27)26-28(24(29)32)15-18-11-9-16(2)10-12-18/h5-12,17H,4,13-15H2,1-3H3,(H,25,30). The molecule has 166 valence electrons. The number of nitrogens with zero attached hydrogens (tertiary/aromatic N) is 4. The van der Waals surface area contributed by atoms with Crippen LogP contribution < -0.4 is 16.6 Å². The molecular formula is C24H27N5O3. The summed E-state index contributed by atoms with van der Waals surface area (Å²) < 4.78 is 4.24. The molecule has 1 unspecified atom stereocenters. The SMILES string of the molecule is CCC(C)NC(=O)CCn1c(=O)c2ccccc2n2c(=O)n(Cc3ccc(C)cc3)nc12. The third-order valence-electron chi connectivity index (χ3n) is 5.72. The minimum Gasteiger partial charge on any atom is -0.354 e. The lowest BCUT2D eigenvalue weighted by atomic mass is 10.1. The first kappa shape index (κ1) is 21.5. The van der Waals surface area contributed by atoms with Crippen molar-refractivity contribution in [1.82, 2.24) is 24.1 Å². The van der Waals surface area contributed by atoms with Gasteiger partial charge in [-0.1, -0.05) is 48.9 Å². The average molecular weight is 434 g/mol. The number of carbonyl (C=O) groups excluding carboxylic acids is 1. The first-order valence-corrected chi connectivity index (χ1v) is 10.8. The molecule has 1 N–H and O–H groups in total. The van der Waals surface area contributed by atoms with Gasteiger partial charge in [-0.25, -0.2) is 13.9 Å². The van der Waals surface area contributed by atoms with Crippen molar-refractivity contribution in [2.45, 2.75) is 52.7 Å². The largest absolute Gasteiger partial charge is 0.354 e. The predicted octanol–water partition coefficient (Wildman–Crippen LogP) is 2.47. The number of rotatable bonds is 7. The van der Waals surface area contributed by atoms with E-state index in [2.05, 4.69) is 10.4 Å². The molecule has 2 aromatic heterocycles. The summed E-state index contributed by atoms with van der Waals surface area (Å²) in [5.74, 6) is 0.0983. The Morgan fingerprint density at radius 3 is 2.53 bits per heavy atom. The third-order valence-corrected chi connectivity index (χ3v) is 5.72. The van der Waals surface area contributed by atoms with Gasteiger partial charge >= 0.3 is 5.69 Å². The molecule has 8 nitrogen and oxygen atoms in total. The number of fused-ring (bicyclic) bond motifs is 3. The van der Waals surface area contributed by atoms with E-state index in [0.717, 1.165) is 17.5 Å². The van der Waals surface area contributed by atoms with Gasteiger partial charge in [0.15, 0.2) is 0 Å². The molecule has 0 aliphatic rings. The molecule has 8 heteroatoms. The molecule has 32 heavy (non-hydrogen) atoms. The lowest BCUT2D eigenvalue weighted by molar-refractivity contribution is -0.121. The number of para-hydroxylation sites is 1. The van der Waals surface area contributed by atoms with Crippen molar-refractivity contribution in [2.75, 3.05) is 0 Å². The van der Waals surface area contributed by atoms with E-state index < -0.39 is 0 Å². The minimum absolute atomic E-state index is 0.0622. The van der Waals surface area contributed by atoms with Gasteiger partial charge in [0.05, 0.1) is 17.4 Å². The van der Waals surface area contributed by atoms with Crippen LogP contribution in [0.2, 0.25) is 0 Å².